The van der Waals surface area contributed by atoms with E-state index in [-0.39, 0.29) is 4.90 Å². The summed E-state index contributed by atoms with van der Waals surface area (Å²) < 4.78 is 28.3. The molecule has 1 aromatic heterocycles. The van der Waals surface area contributed by atoms with Crippen LogP contribution in [0.5, 0.6) is 0 Å². The highest BCUT2D eigenvalue weighted by molar-refractivity contribution is 7.90. The summed E-state index contributed by atoms with van der Waals surface area (Å²) in [6.07, 6.45) is 1.78. The zero-order chi connectivity index (χ0) is 17.9. The number of aromatic nitrogens is 1. The molecular weight excluding hydrogens is 338 g/mol. The van der Waals surface area contributed by atoms with E-state index in [2.05, 4.69) is 5.32 Å². The second kappa shape index (κ2) is 6.82. The lowest BCUT2D eigenvalue weighted by Crippen LogP contribution is -2.34. The summed E-state index contributed by atoms with van der Waals surface area (Å²) in [5.74, 6) is 0.461. The molecule has 2 amide bonds. The van der Waals surface area contributed by atoms with Crippen molar-refractivity contribution >= 4 is 21.9 Å². The lowest BCUT2D eigenvalue weighted by atomic mass is 10.2. The van der Waals surface area contributed by atoms with E-state index in [1.807, 2.05) is 42.0 Å². The number of anilines is 1. The Bertz CT molecular complexity index is 978. The molecule has 0 aliphatic carbocycles. The van der Waals surface area contributed by atoms with Crippen LogP contribution in [0.2, 0.25) is 0 Å². The van der Waals surface area contributed by atoms with Crippen molar-refractivity contribution in [3.05, 3.63) is 78.5 Å². The topological polar surface area (TPSA) is 80.2 Å². The number of para-hydroxylation sites is 1. The summed E-state index contributed by atoms with van der Waals surface area (Å²) >= 11 is 0. The van der Waals surface area contributed by atoms with Gasteiger partial charge in [0, 0.05) is 11.9 Å². The van der Waals surface area contributed by atoms with Crippen molar-refractivity contribution in [1.29, 1.82) is 0 Å². The number of amides is 2. The maximum absolute atomic E-state index is 12.3. The molecule has 0 saturated carbocycles. The molecular formula is C18H17N3O3S. The van der Waals surface area contributed by atoms with Crippen LogP contribution in [-0.2, 0) is 10.0 Å². The fourth-order valence-corrected chi connectivity index (χ4v) is 3.24. The average molecular weight is 355 g/mol. The molecule has 7 heteroatoms. The van der Waals surface area contributed by atoms with Gasteiger partial charge in [0.15, 0.2) is 0 Å². The number of benzene rings is 2. The van der Waals surface area contributed by atoms with E-state index in [4.69, 9.17) is 0 Å². The minimum Gasteiger partial charge on any atom is -0.303 e. The Hall–Kier alpha value is -3.06. The Kier molecular flexibility index (Phi) is 4.58. The van der Waals surface area contributed by atoms with Crippen LogP contribution in [0.4, 0.5) is 10.6 Å². The first kappa shape index (κ1) is 16.8. The first-order valence-corrected chi connectivity index (χ1v) is 9.07. The van der Waals surface area contributed by atoms with E-state index in [0.29, 0.717) is 5.82 Å². The molecule has 2 aromatic carbocycles. The lowest BCUT2D eigenvalue weighted by molar-refractivity contribution is 0.256. The predicted octanol–water partition coefficient (Wildman–Crippen LogP) is 3.30. The number of rotatable bonds is 4. The Labute approximate surface area is 146 Å². The lowest BCUT2D eigenvalue weighted by Gasteiger charge is -2.12. The van der Waals surface area contributed by atoms with E-state index in [9.17, 15) is 13.2 Å². The van der Waals surface area contributed by atoms with Crippen molar-refractivity contribution in [2.24, 2.45) is 0 Å². The van der Waals surface area contributed by atoms with Crippen LogP contribution in [0.1, 0.15) is 5.56 Å². The van der Waals surface area contributed by atoms with Gasteiger partial charge in [0.2, 0.25) is 0 Å². The van der Waals surface area contributed by atoms with E-state index in [1.54, 1.807) is 35.0 Å². The molecule has 3 aromatic rings. The van der Waals surface area contributed by atoms with Gasteiger partial charge in [-0.1, -0.05) is 35.9 Å². The molecule has 0 aliphatic rings. The molecule has 0 fully saturated rings. The van der Waals surface area contributed by atoms with E-state index in [1.165, 1.54) is 12.1 Å². The van der Waals surface area contributed by atoms with Crippen LogP contribution in [0.25, 0.3) is 5.69 Å². The maximum Gasteiger partial charge on any atom is 0.334 e. The standard InChI is InChI=1S/C18H17N3O3S/c1-14-9-11-16(12-10-14)25(23,24)20-18(22)19-17-8-5-13-21(17)15-6-3-2-4-7-15/h2-13H,1H3,(H2,19,20,22). The predicted molar refractivity (Wildman–Crippen MR) is 96.3 cm³/mol. The summed E-state index contributed by atoms with van der Waals surface area (Å²) in [5, 5.41) is 2.56. The third-order valence-electron chi connectivity index (χ3n) is 3.58. The second-order valence-electron chi connectivity index (χ2n) is 5.47. The molecule has 0 radical (unpaired) electrons. The van der Waals surface area contributed by atoms with Crippen LogP contribution in [0.15, 0.2) is 77.8 Å². The number of hydrogen-bond donors (Lipinski definition) is 2. The number of aryl methyl sites for hydroxylation is 1. The average Bonchev–Trinajstić information content (AvgIpc) is 3.03. The Morgan fingerprint density at radius 3 is 2.28 bits per heavy atom. The zero-order valence-corrected chi connectivity index (χ0v) is 14.3. The van der Waals surface area contributed by atoms with Crippen LogP contribution in [0, 0.1) is 6.92 Å². The van der Waals surface area contributed by atoms with Crippen molar-refractivity contribution in [3.63, 3.8) is 0 Å². The molecule has 0 atom stereocenters. The summed E-state index contributed by atoms with van der Waals surface area (Å²) in [6, 6.07) is 18.3. The number of nitrogens with zero attached hydrogens (tertiary/aromatic N) is 1. The molecule has 1 heterocycles. The molecule has 2 N–H and O–H groups in total. The molecule has 128 valence electrons. The number of carbonyl (C=O) groups excluding carboxylic acids is 1. The largest absolute Gasteiger partial charge is 0.334 e. The van der Waals surface area contributed by atoms with Crippen molar-refractivity contribution in [2.75, 3.05) is 5.32 Å². The Morgan fingerprint density at radius 1 is 0.920 bits per heavy atom. The van der Waals surface area contributed by atoms with Crippen LogP contribution < -0.4 is 10.0 Å². The highest BCUT2D eigenvalue weighted by Crippen LogP contribution is 2.17. The van der Waals surface area contributed by atoms with Gasteiger partial charge in [0.25, 0.3) is 10.0 Å². The first-order valence-electron chi connectivity index (χ1n) is 7.59. The van der Waals surface area contributed by atoms with Gasteiger partial charge in [0.1, 0.15) is 5.82 Å². The molecule has 0 unspecified atom stereocenters. The van der Waals surface area contributed by atoms with Gasteiger partial charge < -0.3 is 4.57 Å². The number of urea groups is 1. The van der Waals surface area contributed by atoms with E-state index < -0.39 is 16.1 Å². The third-order valence-corrected chi connectivity index (χ3v) is 4.93. The van der Waals surface area contributed by atoms with Crippen LogP contribution in [0.3, 0.4) is 0 Å². The molecule has 3 rings (SSSR count). The van der Waals surface area contributed by atoms with Gasteiger partial charge >= 0.3 is 6.03 Å². The molecule has 0 bridgehead atoms. The highest BCUT2D eigenvalue weighted by atomic mass is 32.2. The monoisotopic (exact) mass is 355 g/mol. The normalized spacial score (nSPS) is 11.1. The van der Waals surface area contributed by atoms with Gasteiger partial charge in [-0.2, -0.15) is 0 Å². The second-order valence-corrected chi connectivity index (χ2v) is 7.15. The molecule has 25 heavy (non-hydrogen) atoms. The SMILES string of the molecule is Cc1ccc(S(=O)(=O)NC(=O)Nc2cccn2-c2ccccc2)cc1. The van der Waals surface area contributed by atoms with Crippen molar-refractivity contribution in [1.82, 2.24) is 9.29 Å². The summed E-state index contributed by atoms with van der Waals surface area (Å²) in [6.45, 7) is 1.86. The van der Waals surface area contributed by atoms with Crippen molar-refractivity contribution in [2.45, 2.75) is 11.8 Å². The molecule has 0 aliphatic heterocycles. The van der Waals surface area contributed by atoms with Crippen molar-refractivity contribution < 1.29 is 13.2 Å². The number of sulfonamides is 1. The Balaban J connectivity index is 1.76. The first-order chi connectivity index (χ1) is 12.0. The minimum atomic E-state index is -3.93. The molecule has 0 spiro atoms. The van der Waals surface area contributed by atoms with Gasteiger partial charge in [-0.25, -0.2) is 17.9 Å². The zero-order valence-electron chi connectivity index (χ0n) is 13.5. The summed E-state index contributed by atoms with van der Waals surface area (Å²) in [5.41, 5.74) is 1.79. The van der Waals surface area contributed by atoms with Gasteiger partial charge in [-0.15, -0.1) is 0 Å². The number of hydrogen-bond acceptors (Lipinski definition) is 3. The fraction of sp³-hybridized carbons (Fsp3) is 0.0556. The van der Waals surface area contributed by atoms with Gasteiger partial charge in [-0.05, 0) is 43.3 Å². The quantitative estimate of drug-likeness (QED) is 0.753. The summed E-state index contributed by atoms with van der Waals surface area (Å²) in [4.78, 5) is 12.2. The summed E-state index contributed by atoms with van der Waals surface area (Å²) in [7, 11) is -3.93. The number of carbonyl (C=O) groups is 1. The highest BCUT2D eigenvalue weighted by Gasteiger charge is 2.18. The van der Waals surface area contributed by atoms with E-state index >= 15 is 0 Å². The smallest absolute Gasteiger partial charge is 0.303 e. The van der Waals surface area contributed by atoms with Crippen LogP contribution in [-0.4, -0.2) is 19.0 Å². The molecule has 6 nitrogen and oxygen atoms in total. The molecule has 0 saturated heterocycles. The minimum absolute atomic E-state index is 0.0340. The van der Waals surface area contributed by atoms with Crippen molar-refractivity contribution in [3.8, 4) is 5.69 Å². The van der Waals surface area contributed by atoms with Crippen LogP contribution >= 0.6 is 0 Å². The maximum atomic E-state index is 12.3. The van der Waals surface area contributed by atoms with Gasteiger partial charge in [-0.3, -0.25) is 5.32 Å². The third kappa shape index (κ3) is 3.89. The van der Waals surface area contributed by atoms with E-state index in [0.717, 1.165) is 11.3 Å². The number of nitrogens with one attached hydrogen (secondary N) is 2. The Morgan fingerprint density at radius 2 is 1.60 bits per heavy atom. The van der Waals surface area contributed by atoms with Gasteiger partial charge in [0.05, 0.1) is 4.90 Å². The fourth-order valence-electron chi connectivity index (χ4n) is 2.34.